The number of rotatable bonds is 6. The summed E-state index contributed by atoms with van der Waals surface area (Å²) in [7, 11) is 1.55. The molecule has 2 aromatic carbocycles. The van der Waals surface area contributed by atoms with Crippen LogP contribution in [-0.4, -0.2) is 25.7 Å². The summed E-state index contributed by atoms with van der Waals surface area (Å²) in [5.41, 5.74) is 1.43. The maximum Gasteiger partial charge on any atom is 0.240 e. The average Bonchev–Trinajstić information content (AvgIpc) is 3.38. The fourth-order valence-electron chi connectivity index (χ4n) is 3.25. The summed E-state index contributed by atoms with van der Waals surface area (Å²) in [6, 6.07) is 11.0. The van der Waals surface area contributed by atoms with Gasteiger partial charge in [-0.2, -0.15) is 0 Å². The van der Waals surface area contributed by atoms with Crippen molar-refractivity contribution in [2.24, 2.45) is 5.41 Å². The lowest BCUT2D eigenvalue weighted by Gasteiger charge is -2.17. The molecule has 0 unspecified atom stereocenters. The van der Waals surface area contributed by atoms with E-state index in [9.17, 15) is 9.59 Å². The lowest BCUT2D eigenvalue weighted by atomic mass is 10.0. The van der Waals surface area contributed by atoms with E-state index >= 15 is 0 Å². The molecule has 7 nitrogen and oxygen atoms in total. The zero-order valence-corrected chi connectivity index (χ0v) is 15.8. The standard InChI is InChI=1S/C21H22N2O5/c1-13-3-5-16(26-2)15(9-13)23-20(25)21(7-8-21)19(24)22-11-14-4-6-17-18(10-14)28-12-27-17/h3-6,9-10H,7-8,11-12H2,1-2H3,(H,22,24)(H,23,25). The molecule has 0 aromatic heterocycles. The van der Waals surface area contributed by atoms with Crippen LogP contribution < -0.4 is 24.8 Å². The Morgan fingerprint density at radius 2 is 1.86 bits per heavy atom. The van der Waals surface area contributed by atoms with Gasteiger partial charge in [0.25, 0.3) is 0 Å². The summed E-state index contributed by atoms with van der Waals surface area (Å²) in [4.78, 5) is 25.5. The number of nitrogens with one attached hydrogen (secondary N) is 2. The highest BCUT2D eigenvalue weighted by Gasteiger charge is 2.56. The maximum atomic E-state index is 12.8. The molecular weight excluding hydrogens is 360 g/mol. The third kappa shape index (κ3) is 3.35. The first-order valence-corrected chi connectivity index (χ1v) is 9.15. The van der Waals surface area contributed by atoms with Gasteiger partial charge in [-0.3, -0.25) is 9.59 Å². The highest BCUT2D eigenvalue weighted by molar-refractivity contribution is 6.13. The number of fused-ring (bicyclic) bond motifs is 1. The van der Waals surface area contributed by atoms with Gasteiger partial charge in [0.05, 0.1) is 12.8 Å². The monoisotopic (exact) mass is 382 g/mol. The van der Waals surface area contributed by atoms with Gasteiger partial charge in [0.2, 0.25) is 18.6 Å². The molecule has 1 heterocycles. The minimum atomic E-state index is -1.02. The van der Waals surface area contributed by atoms with Gasteiger partial charge in [0.1, 0.15) is 11.2 Å². The molecule has 1 aliphatic heterocycles. The Bertz CT molecular complexity index is 936. The fraction of sp³-hybridized carbons (Fsp3) is 0.333. The maximum absolute atomic E-state index is 12.8. The zero-order chi connectivity index (χ0) is 19.7. The van der Waals surface area contributed by atoms with E-state index in [1.165, 1.54) is 0 Å². The van der Waals surface area contributed by atoms with E-state index in [-0.39, 0.29) is 18.6 Å². The molecule has 28 heavy (non-hydrogen) atoms. The molecule has 1 saturated carbocycles. The Hall–Kier alpha value is -3.22. The topological polar surface area (TPSA) is 85.9 Å². The van der Waals surface area contributed by atoms with Crippen LogP contribution in [0.2, 0.25) is 0 Å². The van der Waals surface area contributed by atoms with Gasteiger partial charge in [0, 0.05) is 6.54 Å². The molecule has 0 radical (unpaired) electrons. The van der Waals surface area contributed by atoms with E-state index in [0.29, 0.717) is 42.3 Å². The second-order valence-electron chi connectivity index (χ2n) is 7.11. The van der Waals surface area contributed by atoms with E-state index in [1.54, 1.807) is 13.2 Å². The second-order valence-corrected chi connectivity index (χ2v) is 7.11. The second kappa shape index (κ2) is 7.07. The highest BCUT2D eigenvalue weighted by Crippen LogP contribution is 2.47. The van der Waals surface area contributed by atoms with Crippen LogP contribution in [0.5, 0.6) is 17.2 Å². The molecule has 4 rings (SSSR count). The Labute approximate surface area is 163 Å². The van der Waals surface area contributed by atoms with Crippen LogP contribution in [0.15, 0.2) is 36.4 Å². The molecule has 0 saturated heterocycles. The van der Waals surface area contributed by atoms with Crippen molar-refractivity contribution in [3.63, 3.8) is 0 Å². The lowest BCUT2D eigenvalue weighted by molar-refractivity contribution is -0.134. The molecule has 2 N–H and O–H groups in total. The quantitative estimate of drug-likeness (QED) is 0.751. The molecule has 1 aliphatic carbocycles. The molecule has 1 fully saturated rings. The molecule has 2 aromatic rings. The van der Waals surface area contributed by atoms with Crippen LogP contribution in [0, 0.1) is 12.3 Å². The number of hydrogen-bond acceptors (Lipinski definition) is 5. The van der Waals surface area contributed by atoms with E-state index in [1.807, 2.05) is 37.3 Å². The number of anilines is 1. The molecule has 2 aliphatic rings. The summed E-state index contributed by atoms with van der Waals surface area (Å²) in [6.45, 7) is 2.45. The van der Waals surface area contributed by atoms with Gasteiger partial charge in [-0.1, -0.05) is 12.1 Å². The predicted octanol–water partition coefficient (Wildman–Crippen LogP) is 2.77. The molecule has 0 bridgehead atoms. The van der Waals surface area contributed by atoms with Crippen LogP contribution in [0.25, 0.3) is 0 Å². The third-order valence-electron chi connectivity index (χ3n) is 5.11. The van der Waals surface area contributed by atoms with Crippen molar-refractivity contribution in [1.29, 1.82) is 0 Å². The highest BCUT2D eigenvalue weighted by atomic mass is 16.7. The summed E-state index contributed by atoms with van der Waals surface area (Å²) in [6.07, 6.45) is 1.06. The summed E-state index contributed by atoms with van der Waals surface area (Å²) in [5, 5.41) is 5.73. The van der Waals surface area contributed by atoms with Crippen molar-refractivity contribution in [3.05, 3.63) is 47.5 Å². The van der Waals surface area contributed by atoms with Crippen LogP contribution in [0.1, 0.15) is 24.0 Å². The molecular formula is C21H22N2O5. The van der Waals surface area contributed by atoms with Crippen molar-refractivity contribution in [1.82, 2.24) is 5.32 Å². The lowest BCUT2D eigenvalue weighted by Crippen LogP contribution is -2.39. The SMILES string of the molecule is COc1ccc(C)cc1NC(=O)C1(C(=O)NCc2ccc3c(c2)OCO3)CC1. The van der Waals surface area contributed by atoms with Gasteiger partial charge in [-0.25, -0.2) is 0 Å². The number of ether oxygens (including phenoxy) is 3. The van der Waals surface area contributed by atoms with Crippen LogP contribution in [0.4, 0.5) is 5.69 Å². The largest absolute Gasteiger partial charge is 0.495 e. The minimum Gasteiger partial charge on any atom is -0.495 e. The van der Waals surface area contributed by atoms with Crippen molar-refractivity contribution in [2.45, 2.75) is 26.3 Å². The Kier molecular flexibility index (Phi) is 4.58. The Morgan fingerprint density at radius 3 is 2.61 bits per heavy atom. The number of aryl methyl sites for hydroxylation is 1. The Morgan fingerprint density at radius 1 is 1.07 bits per heavy atom. The van der Waals surface area contributed by atoms with Gasteiger partial charge >= 0.3 is 0 Å². The average molecular weight is 382 g/mol. The predicted molar refractivity (Wildman–Crippen MR) is 102 cm³/mol. The Balaban J connectivity index is 1.41. The van der Waals surface area contributed by atoms with E-state index in [0.717, 1.165) is 11.1 Å². The van der Waals surface area contributed by atoms with Gasteiger partial charge in [-0.05, 0) is 55.2 Å². The van der Waals surface area contributed by atoms with Gasteiger partial charge in [-0.15, -0.1) is 0 Å². The normalized spacial score (nSPS) is 15.6. The van der Waals surface area contributed by atoms with Crippen LogP contribution in [-0.2, 0) is 16.1 Å². The molecule has 0 spiro atoms. The number of carbonyl (C=O) groups is 2. The number of amides is 2. The number of benzene rings is 2. The number of carbonyl (C=O) groups excluding carboxylic acids is 2. The number of methoxy groups -OCH3 is 1. The van der Waals surface area contributed by atoms with Gasteiger partial charge in [0.15, 0.2) is 11.5 Å². The summed E-state index contributed by atoms with van der Waals surface area (Å²) >= 11 is 0. The van der Waals surface area contributed by atoms with Crippen molar-refractivity contribution in [3.8, 4) is 17.2 Å². The minimum absolute atomic E-state index is 0.205. The number of hydrogen-bond donors (Lipinski definition) is 2. The smallest absolute Gasteiger partial charge is 0.240 e. The fourth-order valence-corrected chi connectivity index (χ4v) is 3.25. The van der Waals surface area contributed by atoms with Crippen molar-refractivity contribution in [2.75, 3.05) is 19.2 Å². The van der Waals surface area contributed by atoms with Gasteiger partial charge < -0.3 is 24.8 Å². The van der Waals surface area contributed by atoms with E-state index in [4.69, 9.17) is 14.2 Å². The van der Waals surface area contributed by atoms with Crippen LogP contribution in [0.3, 0.4) is 0 Å². The first kappa shape index (κ1) is 18.2. The zero-order valence-electron chi connectivity index (χ0n) is 15.8. The van der Waals surface area contributed by atoms with Crippen LogP contribution >= 0.6 is 0 Å². The molecule has 2 amide bonds. The molecule has 146 valence electrons. The molecule has 0 atom stereocenters. The molecule has 7 heteroatoms. The van der Waals surface area contributed by atoms with E-state index in [2.05, 4.69) is 10.6 Å². The third-order valence-corrected chi connectivity index (χ3v) is 5.11. The van der Waals surface area contributed by atoms with Crippen molar-refractivity contribution >= 4 is 17.5 Å². The summed E-state index contributed by atoms with van der Waals surface area (Å²) < 4.78 is 15.9. The first-order valence-electron chi connectivity index (χ1n) is 9.15. The first-order chi connectivity index (χ1) is 13.5. The van der Waals surface area contributed by atoms with Crippen molar-refractivity contribution < 1.29 is 23.8 Å². The van der Waals surface area contributed by atoms with E-state index < -0.39 is 5.41 Å². The summed E-state index contributed by atoms with van der Waals surface area (Å²) in [5.74, 6) is 1.35.